The predicted molar refractivity (Wildman–Crippen MR) is 94.9 cm³/mol. The highest BCUT2D eigenvalue weighted by Crippen LogP contribution is 2.05. The Kier molecular flexibility index (Phi) is 9.67. The number of aromatic nitrogens is 1. The number of carbonyl (C=O) groups is 2. The molecule has 8 nitrogen and oxygen atoms in total. The van der Waals surface area contributed by atoms with Crippen LogP contribution in [0.25, 0.3) is 0 Å². The molecule has 1 aromatic heterocycles. The van der Waals surface area contributed by atoms with Gasteiger partial charge in [0.25, 0.3) is 11.8 Å². The van der Waals surface area contributed by atoms with Crippen LogP contribution in [0.4, 0.5) is 5.82 Å². The number of nitrogens with two attached hydrogens (primary N) is 1. The molecule has 0 aliphatic carbocycles. The van der Waals surface area contributed by atoms with Gasteiger partial charge in [0, 0.05) is 19.2 Å². The first-order valence-electron chi connectivity index (χ1n) is 8.22. The van der Waals surface area contributed by atoms with Crippen LogP contribution in [0.1, 0.15) is 43.0 Å². The van der Waals surface area contributed by atoms with Crippen molar-refractivity contribution in [2.45, 2.75) is 38.6 Å². The van der Waals surface area contributed by atoms with Gasteiger partial charge in [-0.15, -0.1) is 5.92 Å². The molecule has 25 heavy (non-hydrogen) atoms. The van der Waals surface area contributed by atoms with Gasteiger partial charge in [0.05, 0.1) is 12.1 Å². The minimum absolute atomic E-state index is 0.137. The molecular formula is C17H25N5O3. The third-order valence-electron chi connectivity index (χ3n) is 3.38. The Hall–Kier alpha value is -2.63. The standard InChI is InChI=1S/C17H25N5O3/c1-2-3-4-5-6-7-10-19-15-9-8-13(12-20-15)16(23)21-14(11-18)17(24)22-25/h8-9,12,14,25H,2-5,10-11,18H2,1H3,(H,19,20)(H,21,23)(H,22,24)/t14-/m0/s1. The summed E-state index contributed by atoms with van der Waals surface area (Å²) in [5, 5.41) is 14.0. The van der Waals surface area contributed by atoms with E-state index >= 15 is 0 Å². The maximum Gasteiger partial charge on any atom is 0.267 e. The average Bonchev–Trinajstić information content (AvgIpc) is 2.65. The van der Waals surface area contributed by atoms with Crippen molar-refractivity contribution in [3.8, 4) is 11.8 Å². The predicted octanol–water partition coefficient (Wildman–Crippen LogP) is 0.640. The van der Waals surface area contributed by atoms with Crippen LogP contribution in [0.15, 0.2) is 18.3 Å². The van der Waals surface area contributed by atoms with E-state index in [2.05, 4.69) is 34.4 Å². The third-order valence-corrected chi connectivity index (χ3v) is 3.38. The van der Waals surface area contributed by atoms with Gasteiger partial charge in [0.15, 0.2) is 0 Å². The smallest absolute Gasteiger partial charge is 0.267 e. The third kappa shape index (κ3) is 7.65. The largest absolute Gasteiger partial charge is 0.359 e. The van der Waals surface area contributed by atoms with Crippen LogP contribution in [0.2, 0.25) is 0 Å². The van der Waals surface area contributed by atoms with Crippen LogP contribution in [-0.4, -0.2) is 41.1 Å². The van der Waals surface area contributed by atoms with E-state index in [1.165, 1.54) is 24.5 Å². The molecule has 8 heteroatoms. The first-order valence-corrected chi connectivity index (χ1v) is 8.22. The van der Waals surface area contributed by atoms with E-state index in [1.54, 1.807) is 12.1 Å². The number of anilines is 1. The van der Waals surface area contributed by atoms with Gasteiger partial charge < -0.3 is 16.4 Å². The first kappa shape index (κ1) is 20.4. The molecule has 0 aliphatic heterocycles. The van der Waals surface area contributed by atoms with Crippen molar-refractivity contribution >= 4 is 17.6 Å². The Morgan fingerprint density at radius 2 is 2.12 bits per heavy atom. The number of amides is 2. The van der Waals surface area contributed by atoms with E-state index in [9.17, 15) is 9.59 Å². The molecule has 0 unspecified atom stereocenters. The first-order chi connectivity index (χ1) is 12.1. The summed E-state index contributed by atoms with van der Waals surface area (Å²) in [4.78, 5) is 27.4. The Bertz CT molecular complexity index is 607. The second-order valence-electron chi connectivity index (χ2n) is 5.33. The number of hydrogen-bond donors (Lipinski definition) is 5. The van der Waals surface area contributed by atoms with E-state index in [0.29, 0.717) is 12.4 Å². The fourth-order valence-electron chi connectivity index (χ4n) is 1.93. The minimum Gasteiger partial charge on any atom is -0.359 e. The highest BCUT2D eigenvalue weighted by molar-refractivity contribution is 5.97. The van der Waals surface area contributed by atoms with E-state index in [-0.39, 0.29) is 12.1 Å². The van der Waals surface area contributed by atoms with Gasteiger partial charge in [-0.2, -0.15) is 0 Å². The van der Waals surface area contributed by atoms with Crippen LogP contribution in [0.5, 0.6) is 0 Å². The lowest BCUT2D eigenvalue weighted by Gasteiger charge is -2.14. The fourth-order valence-corrected chi connectivity index (χ4v) is 1.93. The van der Waals surface area contributed by atoms with Crippen molar-refractivity contribution in [1.82, 2.24) is 15.8 Å². The topological polar surface area (TPSA) is 129 Å². The quantitative estimate of drug-likeness (QED) is 0.193. The number of nitrogens with one attached hydrogen (secondary N) is 3. The highest BCUT2D eigenvalue weighted by Gasteiger charge is 2.19. The average molecular weight is 347 g/mol. The lowest BCUT2D eigenvalue weighted by Crippen LogP contribution is -2.50. The van der Waals surface area contributed by atoms with Gasteiger partial charge in [0.2, 0.25) is 0 Å². The number of hydroxylamine groups is 1. The lowest BCUT2D eigenvalue weighted by atomic mass is 10.2. The molecule has 0 saturated carbocycles. The monoisotopic (exact) mass is 347 g/mol. The summed E-state index contributed by atoms with van der Waals surface area (Å²) in [5.74, 6) is 5.43. The van der Waals surface area contributed by atoms with Crippen molar-refractivity contribution in [2.75, 3.05) is 18.4 Å². The number of unbranched alkanes of at least 4 members (excludes halogenated alkanes) is 3. The van der Waals surface area contributed by atoms with Gasteiger partial charge in [0.1, 0.15) is 11.9 Å². The summed E-state index contributed by atoms with van der Waals surface area (Å²) in [6, 6.07) is 2.21. The summed E-state index contributed by atoms with van der Waals surface area (Å²) in [6.07, 6.45) is 5.77. The fraction of sp³-hybridized carbons (Fsp3) is 0.471. The molecule has 0 radical (unpaired) electrons. The molecule has 0 bridgehead atoms. The molecule has 1 aromatic rings. The number of pyridine rings is 1. The molecule has 1 heterocycles. The Labute approximate surface area is 147 Å². The van der Waals surface area contributed by atoms with E-state index < -0.39 is 17.9 Å². The van der Waals surface area contributed by atoms with Crippen molar-refractivity contribution < 1.29 is 14.8 Å². The van der Waals surface area contributed by atoms with Gasteiger partial charge in [-0.05, 0) is 18.6 Å². The summed E-state index contributed by atoms with van der Waals surface area (Å²) in [6.45, 7) is 2.50. The number of nitrogens with zero attached hydrogens (tertiary/aromatic N) is 1. The maximum atomic E-state index is 12.0. The molecule has 0 aliphatic rings. The zero-order chi connectivity index (χ0) is 18.5. The molecule has 0 spiro atoms. The Morgan fingerprint density at radius 3 is 2.72 bits per heavy atom. The van der Waals surface area contributed by atoms with Crippen LogP contribution < -0.4 is 21.8 Å². The summed E-state index contributed by atoms with van der Waals surface area (Å²) < 4.78 is 0. The Morgan fingerprint density at radius 1 is 1.32 bits per heavy atom. The van der Waals surface area contributed by atoms with Crippen LogP contribution in [0.3, 0.4) is 0 Å². The van der Waals surface area contributed by atoms with Crippen LogP contribution >= 0.6 is 0 Å². The van der Waals surface area contributed by atoms with Gasteiger partial charge in [-0.25, -0.2) is 10.5 Å². The molecule has 2 amide bonds. The maximum absolute atomic E-state index is 12.0. The van der Waals surface area contributed by atoms with E-state index in [1.807, 2.05) is 0 Å². The normalized spacial score (nSPS) is 11.0. The molecule has 1 atom stereocenters. The van der Waals surface area contributed by atoms with Crippen LogP contribution in [0, 0.1) is 11.8 Å². The number of carbonyl (C=O) groups excluding carboxylic acids is 2. The summed E-state index contributed by atoms with van der Waals surface area (Å²) >= 11 is 0. The number of hydrogen-bond acceptors (Lipinski definition) is 6. The molecule has 136 valence electrons. The molecule has 0 fully saturated rings. The lowest BCUT2D eigenvalue weighted by molar-refractivity contribution is -0.130. The summed E-state index contributed by atoms with van der Waals surface area (Å²) in [5.41, 5.74) is 7.11. The molecule has 0 saturated heterocycles. The molecule has 6 N–H and O–H groups in total. The van der Waals surface area contributed by atoms with Crippen molar-refractivity contribution in [2.24, 2.45) is 5.73 Å². The SMILES string of the molecule is CCCCCC#CCNc1ccc(C(=O)N[C@@H](CN)C(=O)NO)cn1. The van der Waals surface area contributed by atoms with Gasteiger partial charge >= 0.3 is 0 Å². The van der Waals surface area contributed by atoms with E-state index in [4.69, 9.17) is 10.9 Å². The minimum atomic E-state index is -1.02. The van der Waals surface area contributed by atoms with Gasteiger partial charge in [-0.3, -0.25) is 14.8 Å². The van der Waals surface area contributed by atoms with Crippen LogP contribution in [-0.2, 0) is 4.79 Å². The zero-order valence-electron chi connectivity index (χ0n) is 14.3. The Balaban J connectivity index is 2.47. The van der Waals surface area contributed by atoms with Gasteiger partial charge in [-0.1, -0.05) is 25.7 Å². The molecular weight excluding hydrogens is 322 g/mol. The van der Waals surface area contributed by atoms with E-state index in [0.717, 1.165) is 12.8 Å². The zero-order valence-corrected chi connectivity index (χ0v) is 14.3. The van der Waals surface area contributed by atoms with Crippen molar-refractivity contribution in [3.05, 3.63) is 23.9 Å². The molecule has 1 rings (SSSR count). The molecule has 0 aromatic carbocycles. The highest BCUT2D eigenvalue weighted by atomic mass is 16.5. The number of rotatable bonds is 9. The van der Waals surface area contributed by atoms with Crippen molar-refractivity contribution in [3.63, 3.8) is 0 Å². The second kappa shape index (κ2) is 11.8. The summed E-state index contributed by atoms with van der Waals surface area (Å²) in [7, 11) is 0. The van der Waals surface area contributed by atoms with Crippen molar-refractivity contribution in [1.29, 1.82) is 0 Å². The second-order valence-corrected chi connectivity index (χ2v) is 5.33.